The smallest absolute Gasteiger partial charge is 0.358 e. The molecule has 0 unspecified atom stereocenters. The van der Waals surface area contributed by atoms with E-state index in [0.717, 1.165) is 16.0 Å². The van der Waals surface area contributed by atoms with Crippen LogP contribution in [0.2, 0.25) is 0 Å². The van der Waals surface area contributed by atoms with Crippen LogP contribution in [0.1, 0.15) is 67.0 Å². The van der Waals surface area contributed by atoms with Crippen LogP contribution in [0.25, 0.3) is 10.6 Å². The molecule has 0 atom stereocenters. The van der Waals surface area contributed by atoms with E-state index in [1.165, 1.54) is 11.3 Å². The van der Waals surface area contributed by atoms with Crippen molar-refractivity contribution in [3.63, 3.8) is 0 Å². The number of benzene rings is 2. The molecule has 2 heterocycles. The number of allylic oxidation sites excluding steroid dienone is 2. The summed E-state index contributed by atoms with van der Waals surface area (Å²) in [4.78, 5) is 44.7. The van der Waals surface area contributed by atoms with E-state index < -0.39 is 23.8 Å². The Labute approximate surface area is 244 Å². The minimum absolute atomic E-state index is 0.194. The number of dihydropyridines is 1. The fraction of sp³-hybridized carbons (Fsp3) is 0.312. The van der Waals surface area contributed by atoms with Gasteiger partial charge in [-0.2, -0.15) is 0 Å². The van der Waals surface area contributed by atoms with Gasteiger partial charge in [-0.1, -0.05) is 48.5 Å². The third-order valence-electron chi connectivity index (χ3n) is 6.59. The molecule has 0 spiro atoms. The molecule has 0 bridgehead atoms. The van der Waals surface area contributed by atoms with Gasteiger partial charge in [0.1, 0.15) is 5.01 Å². The van der Waals surface area contributed by atoms with Gasteiger partial charge in [0.05, 0.1) is 36.9 Å². The number of nitrogens with zero attached hydrogens (tertiary/aromatic N) is 1. The van der Waals surface area contributed by atoms with Crippen LogP contribution < -0.4 is 5.32 Å². The summed E-state index contributed by atoms with van der Waals surface area (Å²) >= 11 is 1.42. The predicted molar refractivity (Wildman–Crippen MR) is 157 cm³/mol. The first kappa shape index (κ1) is 29.7. The zero-order valence-electron chi connectivity index (χ0n) is 23.9. The number of carbonyl (C=O) groups is 3. The number of nitrogens with one attached hydrogen (secondary N) is 1. The second kappa shape index (κ2) is 13.4. The summed E-state index contributed by atoms with van der Waals surface area (Å²) in [7, 11) is 0. The summed E-state index contributed by atoms with van der Waals surface area (Å²) < 4.78 is 16.1. The molecular formula is C32H34N2O6S. The van der Waals surface area contributed by atoms with Crippen LogP contribution in [-0.2, 0) is 30.2 Å². The lowest BCUT2D eigenvalue weighted by Gasteiger charge is -2.30. The highest BCUT2D eigenvalue weighted by Gasteiger charge is 2.38. The molecule has 9 heteroatoms. The van der Waals surface area contributed by atoms with Crippen LogP contribution >= 0.6 is 11.3 Å². The summed E-state index contributed by atoms with van der Waals surface area (Å²) in [5, 5.41) is 3.79. The summed E-state index contributed by atoms with van der Waals surface area (Å²) in [6.45, 7) is 9.45. The Hall–Kier alpha value is -4.24. The molecule has 0 saturated carbocycles. The van der Waals surface area contributed by atoms with E-state index in [1.54, 1.807) is 34.6 Å². The fourth-order valence-corrected chi connectivity index (χ4v) is 5.95. The summed E-state index contributed by atoms with van der Waals surface area (Å²) in [6.07, 6.45) is 0.532. The third kappa shape index (κ3) is 6.57. The van der Waals surface area contributed by atoms with Gasteiger partial charge in [0, 0.05) is 28.3 Å². The van der Waals surface area contributed by atoms with Crippen LogP contribution in [-0.4, -0.2) is 42.7 Å². The second-order valence-corrected chi connectivity index (χ2v) is 10.5. The van der Waals surface area contributed by atoms with Crippen LogP contribution in [0.4, 0.5) is 0 Å². The molecule has 2 aromatic carbocycles. The van der Waals surface area contributed by atoms with E-state index in [4.69, 9.17) is 19.2 Å². The first-order valence-corrected chi connectivity index (χ1v) is 14.4. The highest BCUT2D eigenvalue weighted by Crippen LogP contribution is 2.41. The second-order valence-electron chi connectivity index (χ2n) is 9.38. The number of rotatable bonds is 10. The SMILES string of the molecule is CCOC(=O)C1=C(C)NC(C)=C(C(=O)OCC)C1c1cccc(-c2nc(C(=O)OCC)c(Cc3ccccc3)s2)c1. The van der Waals surface area contributed by atoms with Crippen LogP contribution in [0.3, 0.4) is 0 Å². The average molecular weight is 575 g/mol. The van der Waals surface area contributed by atoms with Crippen molar-refractivity contribution < 1.29 is 28.6 Å². The number of hydrogen-bond acceptors (Lipinski definition) is 9. The lowest BCUT2D eigenvalue weighted by Crippen LogP contribution is -2.32. The highest BCUT2D eigenvalue weighted by atomic mass is 32.1. The maximum Gasteiger partial charge on any atom is 0.358 e. The highest BCUT2D eigenvalue weighted by molar-refractivity contribution is 7.15. The van der Waals surface area contributed by atoms with Crippen molar-refractivity contribution in [2.24, 2.45) is 0 Å². The van der Waals surface area contributed by atoms with Crippen molar-refractivity contribution >= 4 is 29.2 Å². The minimum Gasteiger partial charge on any atom is -0.463 e. The van der Waals surface area contributed by atoms with E-state index >= 15 is 0 Å². The van der Waals surface area contributed by atoms with Crippen molar-refractivity contribution in [2.45, 2.75) is 47.0 Å². The zero-order chi connectivity index (χ0) is 29.5. The maximum absolute atomic E-state index is 13.2. The molecule has 1 aliphatic rings. The van der Waals surface area contributed by atoms with E-state index in [-0.39, 0.29) is 25.5 Å². The summed E-state index contributed by atoms with van der Waals surface area (Å²) in [6, 6.07) is 17.4. The molecule has 4 rings (SSSR count). The summed E-state index contributed by atoms with van der Waals surface area (Å²) in [5.41, 5.74) is 4.68. The van der Waals surface area contributed by atoms with E-state index in [0.29, 0.717) is 39.5 Å². The lowest BCUT2D eigenvalue weighted by molar-refractivity contribution is -0.139. The average Bonchev–Trinajstić information content (AvgIpc) is 3.37. The number of aromatic nitrogens is 1. The molecule has 0 radical (unpaired) electrons. The zero-order valence-corrected chi connectivity index (χ0v) is 24.7. The Morgan fingerprint density at radius 2 is 1.39 bits per heavy atom. The molecule has 3 aromatic rings. The minimum atomic E-state index is -0.720. The Balaban J connectivity index is 1.82. The van der Waals surface area contributed by atoms with Gasteiger partial charge in [-0.05, 0) is 51.8 Å². The van der Waals surface area contributed by atoms with Gasteiger partial charge in [-0.3, -0.25) is 0 Å². The Morgan fingerprint density at radius 1 is 0.805 bits per heavy atom. The molecule has 41 heavy (non-hydrogen) atoms. The van der Waals surface area contributed by atoms with Gasteiger partial charge in [-0.25, -0.2) is 19.4 Å². The summed E-state index contributed by atoms with van der Waals surface area (Å²) in [5.74, 6) is -2.21. The van der Waals surface area contributed by atoms with Crippen molar-refractivity contribution in [2.75, 3.05) is 19.8 Å². The standard InChI is InChI=1S/C32H34N2O6S/c1-6-38-30(35)25-19(4)33-20(5)26(31(36)39-7-2)27(25)22-15-12-16-23(18-22)29-34-28(32(37)40-8-3)24(41-29)17-21-13-10-9-11-14-21/h9-16,18,27,33H,6-8,17H2,1-5H3. The first-order chi connectivity index (χ1) is 19.8. The third-order valence-corrected chi connectivity index (χ3v) is 7.70. The van der Waals surface area contributed by atoms with Crippen molar-refractivity contribution in [1.82, 2.24) is 10.3 Å². The Morgan fingerprint density at radius 3 is 1.98 bits per heavy atom. The molecule has 214 valence electrons. The van der Waals surface area contributed by atoms with Crippen LogP contribution in [0, 0.1) is 0 Å². The molecular weight excluding hydrogens is 540 g/mol. The fourth-order valence-electron chi connectivity index (χ4n) is 4.87. The Bertz CT molecular complexity index is 1470. The van der Waals surface area contributed by atoms with Gasteiger partial charge in [0.25, 0.3) is 0 Å². The quantitative estimate of drug-likeness (QED) is 0.234. The predicted octanol–water partition coefficient (Wildman–Crippen LogP) is 5.94. The van der Waals surface area contributed by atoms with Crippen molar-refractivity contribution in [1.29, 1.82) is 0 Å². The molecule has 8 nitrogen and oxygen atoms in total. The molecule has 0 aliphatic carbocycles. The first-order valence-electron chi connectivity index (χ1n) is 13.6. The molecule has 0 fully saturated rings. The number of hydrogen-bond donors (Lipinski definition) is 1. The molecule has 0 saturated heterocycles. The van der Waals surface area contributed by atoms with E-state index in [1.807, 2.05) is 54.6 Å². The molecule has 1 N–H and O–H groups in total. The van der Waals surface area contributed by atoms with Crippen molar-refractivity contribution in [3.05, 3.63) is 98.8 Å². The largest absolute Gasteiger partial charge is 0.463 e. The van der Waals surface area contributed by atoms with Gasteiger partial charge in [0.2, 0.25) is 0 Å². The van der Waals surface area contributed by atoms with E-state index in [9.17, 15) is 14.4 Å². The molecule has 0 amide bonds. The van der Waals surface area contributed by atoms with E-state index in [2.05, 4.69) is 5.32 Å². The number of carbonyl (C=O) groups excluding carboxylic acids is 3. The number of esters is 3. The maximum atomic E-state index is 13.2. The van der Waals surface area contributed by atoms with Gasteiger partial charge < -0.3 is 19.5 Å². The van der Waals surface area contributed by atoms with Gasteiger partial charge in [0.15, 0.2) is 5.69 Å². The Kier molecular flexibility index (Phi) is 9.73. The number of thiazole rings is 1. The molecule has 1 aromatic heterocycles. The van der Waals surface area contributed by atoms with Gasteiger partial charge >= 0.3 is 17.9 Å². The van der Waals surface area contributed by atoms with Crippen molar-refractivity contribution in [3.8, 4) is 10.6 Å². The van der Waals surface area contributed by atoms with Crippen LogP contribution in [0.15, 0.2) is 77.1 Å². The topological polar surface area (TPSA) is 104 Å². The van der Waals surface area contributed by atoms with Crippen LogP contribution in [0.5, 0.6) is 0 Å². The lowest BCUT2D eigenvalue weighted by atomic mass is 9.80. The number of ether oxygens (including phenoxy) is 3. The monoisotopic (exact) mass is 574 g/mol. The molecule has 1 aliphatic heterocycles. The normalized spacial score (nSPS) is 13.6. The van der Waals surface area contributed by atoms with Gasteiger partial charge in [-0.15, -0.1) is 11.3 Å².